The highest BCUT2D eigenvalue weighted by Crippen LogP contribution is 2.44. The van der Waals surface area contributed by atoms with Crippen molar-refractivity contribution in [2.75, 3.05) is 31.0 Å². The predicted octanol–water partition coefficient (Wildman–Crippen LogP) is 6.07. The highest BCUT2D eigenvalue weighted by Gasteiger charge is 2.43. The molecule has 2 N–H and O–H groups in total. The van der Waals surface area contributed by atoms with Crippen LogP contribution in [0.5, 0.6) is 5.75 Å². The molecule has 10 heteroatoms. The Morgan fingerprint density at radius 3 is 2.74 bits per heavy atom. The van der Waals surface area contributed by atoms with Gasteiger partial charge in [0.05, 0.1) is 24.5 Å². The van der Waals surface area contributed by atoms with Crippen LogP contribution in [-0.4, -0.2) is 36.8 Å². The molecule has 200 valence electrons. The smallest absolute Gasteiger partial charge is 0.250 e. The summed E-state index contributed by atoms with van der Waals surface area (Å²) in [5.41, 5.74) is 3.89. The fraction of sp³-hybridized carbons (Fsp3) is 0.207. The first-order valence-corrected chi connectivity index (χ1v) is 13.0. The summed E-state index contributed by atoms with van der Waals surface area (Å²) in [4.78, 5) is 18.9. The van der Waals surface area contributed by atoms with E-state index < -0.39 is 0 Å². The average molecular weight is 563 g/mol. The lowest BCUT2D eigenvalue weighted by Gasteiger charge is -2.27. The molecule has 0 spiro atoms. The van der Waals surface area contributed by atoms with Crippen molar-refractivity contribution in [3.63, 3.8) is 0 Å². The Morgan fingerprint density at radius 1 is 1.15 bits per heavy atom. The summed E-state index contributed by atoms with van der Waals surface area (Å²) >= 11 is 12.2. The van der Waals surface area contributed by atoms with Crippen molar-refractivity contribution in [2.45, 2.75) is 19.0 Å². The molecule has 8 nitrogen and oxygen atoms in total. The van der Waals surface area contributed by atoms with Crippen molar-refractivity contribution >= 4 is 46.2 Å². The van der Waals surface area contributed by atoms with Gasteiger partial charge in [0.15, 0.2) is 5.11 Å². The lowest BCUT2D eigenvalue weighted by atomic mass is 10.0. The van der Waals surface area contributed by atoms with Gasteiger partial charge >= 0.3 is 0 Å². The fourth-order valence-corrected chi connectivity index (χ4v) is 5.23. The van der Waals surface area contributed by atoms with E-state index in [0.717, 1.165) is 22.5 Å². The molecule has 2 aromatic heterocycles. The van der Waals surface area contributed by atoms with Crippen LogP contribution in [0.4, 0.5) is 11.4 Å². The minimum atomic E-state index is -0.378. The van der Waals surface area contributed by atoms with Crippen LogP contribution in [0.15, 0.2) is 77.3 Å². The molecule has 2 aromatic carbocycles. The number of carbonyl (C=O) groups is 1. The summed E-state index contributed by atoms with van der Waals surface area (Å²) in [6.45, 7) is 1.88. The van der Waals surface area contributed by atoms with E-state index in [9.17, 15) is 4.79 Å². The summed E-state index contributed by atoms with van der Waals surface area (Å²) in [7, 11) is 3.01. The number of hydrogen-bond donors (Lipinski definition) is 2. The van der Waals surface area contributed by atoms with E-state index >= 15 is 0 Å². The minimum Gasteiger partial charge on any atom is -0.495 e. The normalized spacial score (nSPS) is 16.7. The van der Waals surface area contributed by atoms with Gasteiger partial charge in [0, 0.05) is 29.6 Å². The van der Waals surface area contributed by atoms with E-state index in [-0.39, 0.29) is 24.6 Å². The number of halogens is 1. The zero-order valence-electron chi connectivity index (χ0n) is 21.6. The van der Waals surface area contributed by atoms with Crippen LogP contribution < -0.4 is 20.3 Å². The molecule has 1 amide bonds. The first kappa shape index (κ1) is 26.7. The van der Waals surface area contributed by atoms with Gasteiger partial charge in [0.25, 0.3) is 0 Å². The molecule has 0 unspecified atom stereocenters. The number of hydrogen-bond acceptors (Lipinski definition) is 6. The maximum atomic E-state index is 12.3. The molecule has 2 atom stereocenters. The molecule has 1 aliphatic rings. The lowest BCUT2D eigenvalue weighted by Crippen LogP contribution is -2.29. The number of thiocarbonyl (C=S) groups is 1. The predicted molar refractivity (Wildman–Crippen MR) is 155 cm³/mol. The largest absolute Gasteiger partial charge is 0.495 e. The van der Waals surface area contributed by atoms with Crippen LogP contribution in [-0.2, 0) is 9.53 Å². The first-order valence-electron chi connectivity index (χ1n) is 12.2. The van der Waals surface area contributed by atoms with Gasteiger partial charge in [-0.1, -0.05) is 29.8 Å². The summed E-state index contributed by atoms with van der Waals surface area (Å²) in [5, 5.41) is 7.43. The summed E-state index contributed by atoms with van der Waals surface area (Å²) < 4.78 is 16.9. The van der Waals surface area contributed by atoms with Gasteiger partial charge < -0.3 is 29.4 Å². The molecule has 1 fully saturated rings. The van der Waals surface area contributed by atoms with Gasteiger partial charge in [-0.2, -0.15) is 0 Å². The van der Waals surface area contributed by atoms with Crippen LogP contribution in [0, 0.1) is 6.92 Å². The zero-order chi connectivity index (χ0) is 27.5. The number of ether oxygens (including phenoxy) is 2. The molecule has 0 bridgehead atoms. The molecule has 0 radical (unpaired) electrons. The second-order valence-corrected chi connectivity index (χ2v) is 9.77. The molecule has 1 aliphatic heterocycles. The zero-order valence-corrected chi connectivity index (χ0v) is 23.2. The van der Waals surface area contributed by atoms with Crippen molar-refractivity contribution in [3.05, 3.63) is 95.0 Å². The lowest BCUT2D eigenvalue weighted by molar-refractivity contribution is -0.119. The van der Waals surface area contributed by atoms with E-state index in [1.165, 1.54) is 7.11 Å². The molecule has 39 heavy (non-hydrogen) atoms. The Hall–Kier alpha value is -3.92. The van der Waals surface area contributed by atoms with Crippen molar-refractivity contribution in [3.8, 4) is 17.1 Å². The number of rotatable bonds is 8. The Labute approximate surface area is 236 Å². The number of anilines is 2. The topological polar surface area (TPSA) is 88.9 Å². The van der Waals surface area contributed by atoms with Gasteiger partial charge in [-0.3, -0.25) is 9.78 Å². The van der Waals surface area contributed by atoms with Crippen LogP contribution in [0.2, 0.25) is 5.02 Å². The number of amides is 1. The molecule has 0 aliphatic carbocycles. The summed E-state index contributed by atoms with van der Waals surface area (Å²) in [6, 6.07) is 20.2. The van der Waals surface area contributed by atoms with Gasteiger partial charge in [-0.05, 0) is 73.2 Å². The number of benzene rings is 2. The van der Waals surface area contributed by atoms with Gasteiger partial charge in [0.1, 0.15) is 29.9 Å². The second-order valence-electron chi connectivity index (χ2n) is 8.98. The van der Waals surface area contributed by atoms with Crippen LogP contribution in [0.1, 0.15) is 29.1 Å². The third-order valence-electron chi connectivity index (χ3n) is 6.56. The van der Waals surface area contributed by atoms with E-state index in [4.69, 9.17) is 37.7 Å². The van der Waals surface area contributed by atoms with Crippen LogP contribution in [0.25, 0.3) is 11.3 Å². The average Bonchev–Trinajstić information content (AvgIpc) is 3.55. The molecular formula is C29H27ClN4O4S. The van der Waals surface area contributed by atoms with Crippen molar-refractivity contribution in [2.24, 2.45) is 0 Å². The van der Waals surface area contributed by atoms with E-state index in [0.29, 0.717) is 33.1 Å². The Kier molecular flexibility index (Phi) is 7.83. The fourth-order valence-electron chi connectivity index (χ4n) is 4.71. The van der Waals surface area contributed by atoms with Gasteiger partial charge in [0.2, 0.25) is 5.91 Å². The maximum Gasteiger partial charge on any atom is 0.250 e. The van der Waals surface area contributed by atoms with Crippen molar-refractivity contribution in [1.29, 1.82) is 0 Å². The maximum absolute atomic E-state index is 12.3. The molecule has 0 saturated carbocycles. The van der Waals surface area contributed by atoms with Crippen LogP contribution in [0.3, 0.4) is 0 Å². The number of aromatic nitrogens is 1. The van der Waals surface area contributed by atoms with Gasteiger partial charge in [-0.15, -0.1) is 0 Å². The second kappa shape index (κ2) is 11.4. The number of pyridine rings is 1. The standard InChI is InChI=1S/C29H27ClN4O4S/c1-17-19(7-6-8-20(17)30)23-12-13-25(38-23)28-27(21-9-4-5-14-31-21)33-29(39)34(28)18-10-11-24(37-3)22(15-18)32-26(35)16-36-2/h4-15,27-28H,16H2,1-3H3,(H,32,35)(H,33,39)/t27-,28+/m1/s1. The Bertz CT molecular complexity index is 1510. The van der Waals surface area contributed by atoms with Gasteiger partial charge in [-0.25, -0.2) is 0 Å². The Morgan fingerprint density at radius 2 is 2.00 bits per heavy atom. The molecular weight excluding hydrogens is 536 g/mol. The van der Waals surface area contributed by atoms with Crippen LogP contribution >= 0.6 is 23.8 Å². The molecule has 4 aromatic rings. The SMILES string of the molecule is COCC(=O)Nc1cc(N2C(=S)N[C@H](c3ccccn3)[C@@H]2c2ccc(-c3cccc(Cl)c3C)o2)ccc1OC. The van der Waals surface area contributed by atoms with E-state index in [1.807, 2.05) is 72.5 Å². The van der Waals surface area contributed by atoms with Crippen molar-refractivity contribution in [1.82, 2.24) is 10.3 Å². The minimum absolute atomic E-state index is 0.0838. The number of methoxy groups -OCH3 is 2. The van der Waals surface area contributed by atoms with Crippen molar-refractivity contribution < 1.29 is 18.7 Å². The number of nitrogens with one attached hydrogen (secondary N) is 2. The van der Waals surface area contributed by atoms with E-state index in [1.54, 1.807) is 19.4 Å². The third-order valence-corrected chi connectivity index (χ3v) is 7.28. The van der Waals surface area contributed by atoms with E-state index in [2.05, 4.69) is 15.6 Å². The summed E-state index contributed by atoms with van der Waals surface area (Å²) in [6.07, 6.45) is 1.75. The number of furan rings is 1. The molecule has 1 saturated heterocycles. The highest BCUT2D eigenvalue weighted by molar-refractivity contribution is 7.80. The number of carbonyl (C=O) groups excluding carboxylic acids is 1. The first-order chi connectivity index (χ1) is 18.9. The number of nitrogens with zero attached hydrogens (tertiary/aromatic N) is 2. The quantitative estimate of drug-likeness (QED) is 0.250. The third kappa shape index (κ3) is 5.34. The molecule has 5 rings (SSSR count). The summed E-state index contributed by atoms with van der Waals surface area (Å²) in [5.74, 6) is 1.60. The highest BCUT2D eigenvalue weighted by atomic mass is 35.5. The molecule has 3 heterocycles. The monoisotopic (exact) mass is 562 g/mol. The Balaban J connectivity index is 1.59.